The van der Waals surface area contributed by atoms with E-state index in [-0.39, 0.29) is 56.4 Å². The van der Waals surface area contributed by atoms with Gasteiger partial charge < -0.3 is 42.5 Å². The summed E-state index contributed by atoms with van der Waals surface area (Å²) in [6.07, 6.45) is 9.81. The number of nitrogens with zero attached hydrogens (tertiary/aromatic N) is 4. The van der Waals surface area contributed by atoms with Crippen molar-refractivity contribution in [3.8, 4) is 23.7 Å². The molecule has 0 unspecified atom stereocenters. The summed E-state index contributed by atoms with van der Waals surface area (Å²) in [5.74, 6) is 9.33. The molecule has 0 radical (unpaired) electrons. The van der Waals surface area contributed by atoms with Crippen molar-refractivity contribution in [2.24, 2.45) is 0 Å². The number of carbonyl (C=O) groups is 8. The van der Waals surface area contributed by atoms with Crippen LogP contribution in [-0.2, 0) is 10.8 Å². The highest BCUT2D eigenvalue weighted by atomic mass is 16.2. The number of amides is 8. The van der Waals surface area contributed by atoms with E-state index in [0.29, 0.717) is 67.8 Å². The standard InChI is InChI=1S/C108H104N12O8/c1-59-43-75-35-36-76-45-61(3)92(62(4)46-76)114-100(122)84-28-24-32-88(110-84)104(126)118-96-71(13)55-81(56-72(96)14)108(41-21-18-22-42-108)82-57-73(15)98(74(16)58-82)120-106(128)90-34-26-30-86(112-90)102(124)116-94-65(7)49-78(50-66(94)8)38-37-77-47-63(5)93(64(6)48-77)115-101(123)85-29-25-33-89(111-85)105(127)119-97-69(11)53-80(54-70(97)12)107(39-19-17-20-40-107)79-51-67(9)95(68(10)52-79)117-103(125)87-31-23-27-83(109-87)99(121)113-91(59)60(2)44-75/h23-34,43-58H,17-22,39-42H2,1-16H3,(H,113,121)(H,114,122)(H,115,123)(H,116,124)(H,117,125)(H,118,126)(H,119,127)(H,120,128). The Morgan fingerprint density at radius 2 is 0.336 bits per heavy atom. The number of aromatic nitrogens is 4. The summed E-state index contributed by atoms with van der Waals surface area (Å²) in [5.41, 5.74) is 25.1. The molecule has 8 N–H and O–H groups in total. The predicted molar refractivity (Wildman–Crippen MR) is 508 cm³/mol. The van der Waals surface area contributed by atoms with Gasteiger partial charge >= 0.3 is 0 Å². The zero-order valence-corrected chi connectivity index (χ0v) is 75.3. The van der Waals surface area contributed by atoms with E-state index in [0.717, 1.165) is 175 Å². The number of aryl methyl sites for hydroxylation is 16. The van der Waals surface area contributed by atoms with Crippen LogP contribution >= 0.6 is 0 Å². The van der Waals surface area contributed by atoms with Gasteiger partial charge in [0.15, 0.2) is 0 Å². The number of benzene rings is 8. The molecule has 8 amide bonds. The molecule has 24 aliphatic rings. The van der Waals surface area contributed by atoms with E-state index in [1.807, 2.05) is 159 Å². The number of pyridine rings is 4. The molecule has 20 nitrogen and oxygen atoms in total. The van der Waals surface area contributed by atoms with Crippen molar-refractivity contribution < 1.29 is 38.4 Å². The van der Waals surface area contributed by atoms with Crippen LogP contribution in [-0.4, -0.2) is 67.2 Å². The Labute approximate surface area is 747 Å². The van der Waals surface area contributed by atoms with Gasteiger partial charge in [0, 0.05) is 78.6 Å². The molecule has 2 fully saturated rings. The lowest BCUT2D eigenvalue weighted by Crippen LogP contribution is -2.31. The second-order valence-electron chi connectivity index (χ2n) is 34.9. The number of hydrogen-bond donors (Lipinski definition) is 8. The second-order valence-corrected chi connectivity index (χ2v) is 34.9. The molecule has 12 aromatic rings. The molecule has 128 heavy (non-hydrogen) atoms. The Morgan fingerprint density at radius 3 is 0.477 bits per heavy atom. The number of rotatable bonds is 0. The highest BCUT2D eigenvalue weighted by Gasteiger charge is 2.40. The van der Waals surface area contributed by atoms with Gasteiger partial charge in [-0.05, 0) is 345 Å². The molecule has 20 heteroatoms. The van der Waals surface area contributed by atoms with Gasteiger partial charge in [0.05, 0.1) is 0 Å². The summed E-state index contributed by atoms with van der Waals surface area (Å²) < 4.78 is 0. The van der Waals surface area contributed by atoms with Crippen LogP contribution in [0.5, 0.6) is 0 Å². The van der Waals surface area contributed by atoms with Crippen molar-refractivity contribution in [2.45, 2.75) is 186 Å². The lowest BCUT2D eigenvalue weighted by Gasteiger charge is -2.40. The van der Waals surface area contributed by atoms with Gasteiger partial charge in [0.25, 0.3) is 47.3 Å². The molecule has 36 rings (SSSR count). The van der Waals surface area contributed by atoms with Crippen LogP contribution in [0.3, 0.4) is 0 Å². The molecule has 2 saturated carbocycles. The fourth-order valence-electron chi connectivity index (χ4n) is 18.9. The van der Waals surface area contributed by atoms with Gasteiger partial charge in [-0.15, -0.1) is 0 Å². The normalized spacial score (nSPS) is 15.0. The lowest BCUT2D eigenvalue weighted by atomic mass is 9.64. The van der Waals surface area contributed by atoms with Crippen LogP contribution in [0, 0.1) is 134 Å². The van der Waals surface area contributed by atoms with Crippen molar-refractivity contribution in [3.63, 3.8) is 0 Å². The third-order valence-corrected chi connectivity index (χ3v) is 25.4. The fourth-order valence-corrected chi connectivity index (χ4v) is 18.9. The molecule has 26 heterocycles. The first-order chi connectivity index (χ1) is 61.2. The van der Waals surface area contributed by atoms with Crippen LogP contribution in [0.4, 0.5) is 45.5 Å². The third-order valence-electron chi connectivity index (χ3n) is 25.4. The lowest BCUT2D eigenvalue weighted by molar-refractivity contribution is 0.0998. The van der Waals surface area contributed by atoms with Gasteiger partial charge in [-0.3, -0.25) is 38.4 Å². The molecule has 22 aliphatic heterocycles. The molecular weight excluding hydrogens is 1590 g/mol. The van der Waals surface area contributed by atoms with E-state index >= 15 is 0 Å². The van der Waals surface area contributed by atoms with E-state index < -0.39 is 47.3 Å². The van der Waals surface area contributed by atoms with Crippen molar-refractivity contribution in [3.05, 3.63) is 349 Å². The maximum Gasteiger partial charge on any atom is 0.274 e. The second kappa shape index (κ2) is 36.4. The molecule has 4 aromatic heterocycles. The highest BCUT2D eigenvalue weighted by Crippen LogP contribution is 2.50. The predicted octanol–water partition coefficient (Wildman–Crippen LogP) is 21.8. The first-order valence-electron chi connectivity index (χ1n) is 43.5. The summed E-state index contributed by atoms with van der Waals surface area (Å²) in [6, 6.07) is 51.7. The Bertz CT molecular complexity index is 5840. The zero-order chi connectivity index (χ0) is 90.9. The van der Waals surface area contributed by atoms with Crippen molar-refractivity contribution >= 4 is 92.8 Å². The van der Waals surface area contributed by atoms with Gasteiger partial charge in [-0.2, -0.15) is 0 Å². The van der Waals surface area contributed by atoms with Crippen molar-refractivity contribution in [1.29, 1.82) is 0 Å². The van der Waals surface area contributed by atoms with Crippen molar-refractivity contribution in [2.75, 3.05) is 42.5 Å². The van der Waals surface area contributed by atoms with Crippen LogP contribution in [0.15, 0.2) is 170 Å². The third kappa shape index (κ3) is 18.4. The van der Waals surface area contributed by atoms with E-state index in [1.165, 1.54) is 0 Å². The fraction of sp³-hybridized carbons (Fsp3) is 0.259. The van der Waals surface area contributed by atoms with Crippen LogP contribution in [0.25, 0.3) is 0 Å². The number of nitrogens with one attached hydrogen (secondary N) is 8. The smallest absolute Gasteiger partial charge is 0.274 e. The summed E-state index contributed by atoms with van der Waals surface area (Å²) in [5, 5.41) is 24.7. The monoisotopic (exact) mass is 1700 g/mol. The highest BCUT2D eigenvalue weighted by molar-refractivity contribution is 6.11. The Hall–Kier alpha value is -14.8. The average Bonchev–Trinajstić information content (AvgIpc) is 0.751. The molecule has 0 atom stereocenters. The largest absolute Gasteiger partial charge is 0.320 e. The topological polar surface area (TPSA) is 284 Å². The number of carbonyl (C=O) groups excluding carboxylic acids is 8. The summed E-state index contributed by atoms with van der Waals surface area (Å²) in [7, 11) is 0. The van der Waals surface area contributed by atoms with E-state index in [9.17, 15) is 38.4 Å². The quantitative estimate of drug-likeness (QED) is 0.0658. The molecule has 8 aromatic carbocycles. The zero-order valence-electron chi connectivity index (χ0n) is 75.3. The molecule has 2 aliphatic carbocycles. The van der Waals surface area contributed by atoms with E-state index in [1.54, 1.807) is 72.8 Å². The Balaban J connectivity index is 0.698. The number of hydrogen-bond acceptors (Lipinski definition) is 12. The van der Waals surface area contributed by atoms with Crippen molar-refractivity contribution in [1.82, 2.24) is 19.9 Å². The molecule has 2 spiro atoms. The molecule has 0 saturated heterocycles. The maximum atomic E-state index is 14.3. The molecular formula is C108H104N12O8. The Morgan fingerprint density at radius 1 is 0.203 bits per heavy atom. The van der Waals surface area contributed by atoms with E-state index in [2.05, 4.69) is 135 Å². The minimum Gasteiger partial charge on any atom is -0.320 e. The van der Waals surface area contributed by atoms with Crippen LogP contribution in [0.2, 0.25) is 0 Å². The van der Waals surface area contributed by atoms with Gasteiger partial charge in [0.1, 0.15) is 45.6 Å². The SMILES string of the molecule is Cc1cc2cc(C)c1NC(=O)c1cccc(n1)C(=O)Nc1c(C)cc(cc1C)C1(CCCCC1)c1cc(C)c(c(C)c1)NC(=O)c1cccc(n1)C(=O)Nc1c(C)cc(cc1C)C#Cc1cc(C)c(c(C)c1)NC(=O)c1cccc(n1)C(=O)Nc1c(C)cc(cc1C)C1(CCCCC1)c1cc(C)c(c(C)c1)NC(=O)c1cccc(n1)C(=O)Nc1c(C)cc(cc1C)C#C2. The maximum absolute atomic E-state index is 14.3. The molecule has 24 bridgehead atoms. The van der Waals surface area contributed by atoms with Gasteiger partial charge in [0.2, 0.25) is 0 Å². The average molecular weight is 1700 g/mol. The summed E-state index contributed by atoms with van der Waals surface area (Å²) >= 11 is 0. The first-order valence-corrected chi connectivity index (χ1v) is 43.5. The minimum atomic E-state index is -0.490. The minimum absolute atomic E-state index is 0.0583. The first kappa shape index (κ1) is 88.1. The summed E-state index contributed by atoms with van der Waals surface area (Å²) in [6.45, 7) is 31.0. The van der Waals surface area contributed by atoms with Gasteiger partial charge in [-0.25, -0.2) is 19.9 Å². The van der Waals surface area contributed by atoms with Gasteiger partial charge in [-0.1, -0.05) is 135 Å². The van der Waals surface area contributed by atoms with Crippen LogP contribution < -0.4 is 42.5 Å². The Kier molecular flexibility index (Phi) is 25.1. The van der Waals surface area contributed by atoms with Crippen LogP contribution in [0.1, 0.15) is 282 Å². The van der Waals surface area contributed by atoms with E-state index in [4.69, 9.17) is 0 Å². The summed E-state index contributed by atoms with van der Waals surface area (Å²) in [4.78, 5) is 132. The number of anilines is 8. The molecule has 644 valence electrons.